The van der Waals surface area contributed by atoms with E-state index < -0.39 is 4.92 Å². The number of aromatic amines is 1. The lowest BCUT2D eigenvalue weighted by atomic mass is 10.1. The summed E-state index contributed by atoms with van der Waals surface area (Å²) in [5, 5.41) is 20.1. The minimum Gasteiger partial charge on any atom is -0.352 e. The second-order valence-corrected chi connectivity index (χ2v) is 4.57. The molecule has 0 radical (unpaired) electrons. The van der Waals surface area contributed by atoms with Crippen molar-refractivity contribution in [3.05, 3.63) is 46.1 Å². The lowest BCUT2D eigenvalue weighted by Gasteiger charge is -2.05. The van der Waals surface area contributed by atoms with Crippen LogP contribution in [0.5, 0.6) is 0 Å². The number of hydrogen-bond donors (Lipinski definition) is 2. The van der Waals surface area contributed by atoms with E-state index in [1.807, 2.05) is 6.92 Å². The number of benzene rings is 1. The lowest BCUT2D eigenvalue weighted by molar-refractivity contribution is -0.384. The average molecular weight is 288 g/mol. The molecule has 1 heterocycles. The molecule has 0 aliphatic rings. The molecule has 110 valence electrons. The Hall–Kier alpha value is -2.70. The van der Waals surface area contributed by atoms with Crippen molar-refractivity contribution in [3.63, 3.8) is 0 Å². The summed E-state index contributed by atoms with van der Waals surface area (Å²) in [4.78, 5) is 22.2. The summed E-state index contributed by atoms with van der Waals surface area (Å²) in [7, 11) is 0. The average Bonchev–Trinajstić information content (AvgIpc) is 2.97. The second-order valence-electron chi connectivity index (χ2n) is 4.57. The van der Waals surface area contributed by atoms with Crippen LogP contribution in [0, 0.1) is 10.1 Å². The summed E-state index contributed by atoms with van der Waals surface area (Å²) in [6.07, 6.45) is 3.37. The van der Waals surface area contributed by atoms with Crippen LogP contribution in [0.1, 0.15) is 30.1 Å². The maximum atomic E-state index is 12.1. The van der Waals surface area contributed by atoms with Crippen molar-refractivity contribution in [3.8, 4) is 11.3 Å². The number of unbranched alkanes of at least 4 members (excludes halogenated alkanes) is 1. The zero-order valence-electron chi connectivity index (χ0n) is 11.6. The van der Waals surface area contributed by atoms with Crippen LogP contribution < -0.4 is 5.32 Å². The monoisotopic (exact) mass is 288 g/mol. The van der Waals surface area contributed by atoms with Gasteiger partial charge in [0.25, 0.3) is 11.6 Å². The maximum Gasteiger partial charge on any atom is 0.269 e. The highest BCUT2D eigenvalue weighted by atomic mass is 16.6. The van der Waals surface area contributed by atoms with Gasteiger partial charge >= 0.3 is 0 Å². The molecule has 0 saturated heterocycles. The standard InChI is InChI=1S/C14H16N4O3/c1-2-3-8-15-14(19)12-9-16-17-13(12)10-4-6-11(7-5-10)18(20)21/h4-7,9H,2-3,8H2,1H3,(H,15,19)(H,16,17). The number of nitro benzene ring substituents is 1. The summed E-state index contributed by atoms with van der Waals surface area (Å²) in [5.41, 5.74) is 1.67. The molecular weight excluding hydrogens is 272 g/mol. The Morgan fingerprint density at radius 1 is 1.38 bits per heavy atom. The first-order chi connectivity index (χ1) is 10.1. The Morgan fingerprint density at radius 2 is 2.10 bits per heavy atom. The minimum atomic E-state index is -0.463. The van der Waals surface area contributed by atoms with Gasteiger partial charge in [0.05, 0.1) is 22.4 Å². The van der Waals surface area contributed by atoms with Gasteiger partial charge in [0, 0.05) is 24.2 Å². The molecule has 0 atom stereocenters. The van der Waals surface area contributed by atoms with E-state index in [-0.39, 0.29) is 11.6 Å². The molecule has 7 heteroatoms. The number of H-pyrrole nitrogens is 1. The van der Waals surface area contributed by atoms with Gasteiger partial charge in [-0.25, -0.2) is 0 Å². The van der Waals surface area contributed by atoms with Gasteiger partial charge in [0.15, 0.2) is 0 Å². The van der Waals surface area contributed by atoms with Crippen molar-refractivity contribution < 1.29 is 9.72 Å². The molecule has 0 aliphatic carbocycles. The maximum absolute atomic E-state index is 12.1. The number of carbonyl (C=O) groups is 1. The molecule has 1 aromatic heterocycles. The van der Waals surface area contributed by atoms with E-state index in [9.17, 15) is 14.9 Å². The number of nitrogens with zero attached hydrogens (tertiary/aromatic N) is 2. The Labute approximate surface area is 121 Å². The number of amides is 1. The molecule has 0 unspecified atom stereocenters. The van der Waals surface area contributed by atoms with E-state index in [1.165, 1.54) is 18.3 Å². The Balaban J connectivity index is 2.19. The molecular formula is C14H16N4O3. The molecule has 0 saturated carbocycles. The lowest BCUT2D eigenvalue weighted by Crippen LogP contribution is -2.24. The second kappa shape index (κ2) is 6.65. The van der Waals surface area contributed by atoms with Gasteiger partial charge in [0.1, 0.15) is 0 Å². The highest BCUT2D eigenvalue weighted by molar-refractivity contribution is 5.99. The summed E-state index contributed by atoms with van der Waals surface area (Å²) in [6, 6.07) is 5.98. The molecule has 0 bridgehead atoms. The van der Waals surface area contributed by atoms with E-state index in [1.54, 1.807) is 12.1 Å². The largest absolute Gasteiger partial charge is 0.352 e. The van der Waals surface area contributed by atoms with E-state index in [2.05, 4.69) is 15.5 Å². The first kappa shape index (κ1) is 14.7. The molecule has 1 amide bonds. The number of aromatic nitrogens is 2. The van der Waals surface area contributed by atoms with Crippen molar-refractivity contribution in [2.24, 2.45) is 0 Å². The van der Waals surface area contributed by atoms with Crippen LogP contribution in [0.15, 0.2) is 30.5 Å². The molecule has 2 rings (SSSR count). The third-order valence-corrected chi connectivity index (χ3v) is 3.07. The predicted octanol–water partition coefficient (Wildman–Crippen LogP) is 2.51. The zero-order valence-corrected chi connectivity index (χ0v) is 11.6. The van der Waals surface area contributed by atoms with Crippen molar-refractivity contribution in [1.29, 1.82) is 0 Å². The van der Waals surface area contributed by atoms with Crippen LogP contribution in [-0.2, 0) is 0 Å². The molecule has 1 aromatic carbocycles. The summed E-state index contributed by atoms with van der Waals surface area (Å²) in [5.74, 6) is -0.203. The SMILES string of the molecule is CCCCNC(=O)c1cn[nH]c1-c1ccc([N+](=O)[O-])cc1. The highest BCUT2D eigenvalue weighted by Gasteiger charge is 2.15. The zero-order chi connectivity index (χ0) is 15.2. The van der Waals surface area contributed by atoms with Gasteiger partial charge in [-0.1, -0.05) is 13.3 Å². The fourth-order valence-corrected chi connectivity index (χ4v) is 1.90. The molecule has 2 N–H and O–H groups in total. The Kier molecular flexibility index (Phi) is 4.65. The van der Waals surface area contributed by atoms with Crippen LogP contribution in [0.4, 0.5) is 5.69 Å². The molecule has 0 spiro atoms. The fraction of sp³-hybridized carbons (Fsp3) is 0.286. The Morgan fingerprint density at radius 3 is 2.71 bits per heavy atom. The quantitative estimate of drug-likeness (QED) is 0.484. The van der Waals surface area contributed by atoms with E-state index in [4.69, 9.17) is 0 Å². The number of carbonyl (C=O) groups excluding carboxylic acids is 1. The summed E-state index contributed by atoms with van der Waals surface area (Å²) >= 11 is 0. The first-order valence-corrected chi connectivity index (χ1v) is 6.70. The van der Waals surface area contributed by atoms with Gasteiger partial charge in [-0.15, -0.1) is 0 Å². The van der Waals surface area contributed by atoms with E-state index in [0.717, 1.165) is 12.8 Å². The van der Waals surface area contributed by atoms with Crippen LogP contribution >= 0.6 is 0 Å². The third-order valence-electron chi connectivity index (χ3n) is 3.07. The van der Waals surface area contributed by atoms with Gasteiger partial charge in [0.2, 0.25) is 0 Å². The van der Waals surface area contributed by atoms with Crippen molar-refractivity contribution in [2.45, 2.75) is 19.8 Å². The van der Waals surface area contributed by atoms with Crippen molar-refractivity contribution in [2.75, 3.05) is 6.54 Å². The molecule has 21 heavy (non-hydrogen) atoms. The van der Waals surface area contributed by atoms with Gasteiger partial charge in [-0.2, -0.15) is 5.10 Å². The topological polar surface area (TPSA) is 101 Å². The van der Waals surface area contributed by atoms with Gasteiger partial charge < -0.3 is 5.32 Å². The predicted molar refractivity (Wildman–Crippen MR) is 77.9 cm³/mol. The third kappa shape index (κ3) is 3.44. The molecule has 0 fully saturated rings. The van der Waals surface area contributed by atoms with Gasteiger partial charge in [-0.3, -0.25) is 20.0 Å². The van der Waals surface area contributed by atoms with Crippen molar-refractivity contribution >= 4 is 11.6 Å². The molecule has 7 nitrogen and oxygen atoms in total. The molecule has 0 aliphatic heterocycles. The van der Waals surface area contributed by atoms with E-state index in [0.29, 0.717) is 23.4 Å². The molecule has 2 aromatic rings. The van der Waals surface area contributed by atoms with Crippen molar-refractivity contribution in [1.82, 2.24) is 15.5 Å². The summed E-state index contributed by atoms with van der Waals surface area (Å²) < 4.78 is 0. The smallest absolute Gasteiger partial charge is 0.269 e. The number of rotatable bonds is 6. The number of hydrogen-bond acceptors (Lipinski definition) is 4. The van der Waals surface area contributed by atoms with Crippen LogP contribution in [-0.4, -0.2) is 27.6 Å². The Bertz CT molecular complexity index is 634. The van der Waals surface area contributed by atoms with E-state index >= 15 is 0 Å². The van der Waals surface area contributed by atoms with Gasteiger partial charge in [-0.05, 0) is 18.6 Å². The number of nitrogens with one attached hydrogen (secondary N) is 2. The fourth-order valence-electron chi connectivity index (χ4n) is 1.90. The number of nitro groups is 1. The minimum absolute atomic E-state index is 0.00668. The number of non-ortho nitro benzene ring substituents is 1. The van der Waals surface area contributed by atoms with Crippen LogP contribution in [0.3, 0.4) is 0 Å². The van der Waals surface area contributed by atoms with Crippen LogP contribution in [0.2, 0.25) is 0 Å². The highest BCUT2D eigenvalue weighted by Crippen LogP contribution is 2.23. The van der Waals surface area contributed by atoms with Crippen LogP contribution in [0.25, 0.3) is 11.3 Å². The normalized spacial score (nSPS) is 10.3. The summed E-state index contributed by atoms with van der Waals surface area (Å²) in [6.45, 7) is 2.66. The first-order valence-electron chi connectivity index (χ1n) is 6.70.